The molecule has 0 atom stereocenters. The molecule has 6 nitrogen and oxygen atoms in total. The Kier molecular flexibility index (Phi) is 4.78. The molecule has 1 N–H and O–H groups in total. The van der Waals surface area contributed by atoms with Gasteiger partial charge in [0.1, 0.15) is 11.0 Å². The fraction of sp³-hybridized carbons (Fsp3) is 0.100. The van der Waals surface area contributed by atoms with Crippen molar-refractivity contribution < 1.29 is 8.42 Å². The summed E-state index contributed by atoms with van der Waals surface area (Å²) in [5, 5.41) is 8.02. The standard InChI is InChI=1S/C20H17ClN4O2S/c1-28(26,27)17-9-7-16(8-10-17)23-19-12-18(21)24-20-15(13-22-25(19)20)11-14-5-3-2-4-6-14/h2-10,12-13,23H,11H2,1H3. The molecule has 0 fully saturated rings. The smallest absolute Gasteiger partial charge is 0.175 e. The van der Waals surface area contributed by atoms with Gasteiger partial charge < -0.3 is 5.32 Å². The molecule has 4 rings (SSSR count). The minimum absolute atomic E-state index is 0.264. The highest BCUT2D eigenvalue weighted by Gasteiger charge is 2.12. The minimum Gasteiger partial charge on any atom is -0.340 e. The van der Waals surface area contributed by atoms with Gasteiger partial charge in [0.25, 0.3) is 0 Å². The Morgan fingerprint density at radius 2 is 1.79 bits per heavy atom. The maximum absolute atomic E-state index is 11.6. The second-order valence-corrected chi connectivity index (χ2v) is 8.86. The van der Waals surface area contributed by atoms with Crippen LogP contribution < -0.4 is 5.32 Å². The van der Waals surface area contributed by atoms with E-state index in [1.54, 1.807) is 41.0 Å². The predicted octanol–water partition coefficient (Wildman–Crippen LogP) is 4.12. The van der Waals surface area contributed by atoms with Gasteiger partial charge in [-0.3, -0.25) is 0 Å². The van der Waals surface area contributed by atoms with Gasteiger partial charge in [0, 0.05) is 30.0 Å². The Labute approximate surface area is 167 Å². The molecular formula is C20H17ClN4O2S. The first-order chi connectivity index (χ1) is 13.4. The van der Waals surface area contributed by atoms with E-state index in [0.717, 1.165) is 16.8 Å². The van der Waals surface area contributed by atoms with Crippen molar-refractivity contribution in [3.63, 3.8) is 0 Å². The van der Waals surface area contributed by atoms with Gasteiger partial charge in [-0.05, 0) is 29.8 Å². The van der Waals surface area contributed by atoms with Crippen molar-refractivity contribution >= 4 is 38.6 Å². The van der Waals surface area contributed by atoms with Crippen molar-refractivity contribution in [2.75, 3.05) is 11.6 Å². The lowest BCUT2D eigenvalue weighted by Gasteiger charge is -2.10. The number of halogens is 1. The van der Waals surface area contributed by atoms with Gasteiger partial charge in [-0.15, -0.1) is 0 Å². The van der Waals surface area contributed by atoms with E-state index in [1.807, 2.05) is 18.2 Å². The molecule has 2 heterocycles. The fourth-order valence-corrected chi connectivity index (χ4v) is 3.76. The quantitative estimate of drug-likeness (QED) is 0.499. The van der Waals surface area contributed by atoms with E-state index in [4.69, 9.17) is 11.6 Å². The van der Waals surface area contributed by atoms with E-state index in [-0.39, 0.29) is 4.90 Å². The van der Waals surface area contributed by atoms with Gasteiger partial charge >= 0.3 is 0 Å². The number of aromatic nitrogens is 3. The second kappa shape index (κ2) is 7.26. The van der Waals surface area contributed by atoms with Crippen molar-refractivity contribution in [2.45, 2.75) is 11.3 Å². The molecule has 4 aromatic rings. The molecule has 0 saturated carbocycles. The van der Waals surface area contributed by atoms with Crippen molar-refractivity contribution in [2.24, 2.45) is 0 Å². The van der Waals surface area contributed by atoms with Gasteiger partial charge in [0.05, 0.1) is 11.1 Å². The summed E-state index contributed by atoms with van der Waals surface area (Å²) in [7, 11) is -3.24. The molecule has 0 unspecified atom stereocenters. The maximum atomic E-state index is 11.6. The Bertz CT molecular complexity index is 1240. The van der Waals surface area contributed by atoms with E-state index in [9.17, 15) is 8.42 Å². The predicted molar refractivity (Wildman–Crippen MR) is 110 cm³/mol. The molecule has 0 saturated heterocycles. The Morgan fingerprint density at radius 3 is 2.46 bits per heavy atom. The molecule has 8 heteroatoms. The van der Waals surface area contributed by atoms with E-state index in [0.29, 0.717) is 23.0 Å². The third-order valence-corrected chi connectivity index (χ3v) is 5.63. The van der Waals surface area contributed by atoms with E-state index in [1.165, 1.54) is 6.26 Å². The van der Waals surface area contributed by atoms with Crippen LogP contribution in [0.2, 0.25) is 5.15 Å². The average molecular weight is 413 g/mol. The largest absolute Gasteiger partial charge is 0.340 e. The van der Waals surface area contributed by atoms with Crippen LogP contribution in [0.5, 0.6) is 0 Å². The van der Waals surface area contributed by atoms with Crippen LogP contribution in [0.1, 0.15) is 11.1 Å². The van der Waals surface area contributed by atoms with E-state index >= 15 is 0 Å². The summed E-state index contributed by atoms with van der Waals surface area (Å²) in [6.45, 7) is 0. The normalized spacial score (nSPS) is 11.6. The number of rotatable bonds is 5. The Hall–Kier alpha value is -2.90. The summed E-state index contributed by atoms with van der Waals surface area (Å²) >= 11 is 6.24. The molecule has 2 aromatic heterocycles. The van der Waals surface area contributed by atoms with Crippen molar-refractivity contribution in [3.8, 4) is 0 Å². The first-order valence-corrected chi connectivity index (χ1v) is 10.8. The molecule has 0 aliphatic carbocycles. The molecule has 0 radical (unpaired) electrons. The Morgan fingerprint density at radius 1 is 1.07 bits per heavy atom. The van der Waals surface area contributed by atoms with Crippen LogP contribution in [-0.4, -0.2) is 29.3 Å². The monoisotopic (exact) mass is 412 g/mol. The maximum Gasteiger partial charge on any atom is 0.175 e. The van der Waals surface area contributed by atoms with Crippen molar-refractivity contribution in [1.82, 2.24) is 14.6 Å². The lowest BCUT2D eigenvalue weighted by molar-refractivity contribution is 0.602. The van der Waals surface area contributed by atoms with Gasteiger partial charge in [0.15, 0.2) is 15.5 Å². The van der Waals surface area contributed by atoms with Crippen molar-refractivity contribution in [1.29, 1.82) is 0 Å². The van der Waals surface area contributed by atoms with Gasteiger partial charge in [-0.1, -0.05) is 41.9 Å². The lowest BCUT2D eigenvalue weighted by Crippen LogP contribution is -2.02. The number of anilines is 2. The number of hydrogen-bond donors (Lipinski definition) is 1. The molecule has 0 amide bonds. The summed E-state index contributed by atoms with van der Waals surface area (Å²) in [5.74, 6) is 0.640. The SMILES string of the molecule is CS(=O)(=O)c1ccc(Nc2cc(Cl)nc3c(Cc4ccccc4)cnn23)cc1. The van der Waals surface area contributed by atoms with Gasteiger partial charge in [-0.25, -0.2) is 13.4 Å². The molecule has 0 aliphatic heterocycles. The minimum atomic E-state index is -3.24. The van der Waals surface area contributed by atoms with Crippen LogP contribution in [0, 0.1) is 0 Å². The number of benzene rings is 2. The molecule has 0 bridgehead atoms. The number of nitrogens with one attached hydrogen (secondary N) is 1. The molecule has 0 spiro atoms. The molecule has 0 aliphatic rings. The summed E-state index contributed by atoms with van der Waals surface area (Å²) in [4.78, 5) is 4.69. The van der Waals surface area contributed by atoms with E-state index in [2.05, 4.69) is 27.5 Å². The van der Waals surface area contributed by atoms with Crippen LogP contribution in [0.15, 0.2) is 71.8 Å². The number of nitrogens with zero attached hydrogens (tertiary/aromatic N) is 3. The molecule has 2 aromatic carbocycles. The number of hydrogen-bond acceptors (Lipinski definition) is 5. The fourth-order valence-electron chi connectivity index (χ4n) is 2.94. The Balaban J connectivity index is 1.68. The lowest BCUT2D eigenvalue weighted by atomic mass is 10.1. The highest BCUT2D eigenvalue weighted by molar-refractivity contribution is 7.90. The van der Waals surface area contributed by atoms with Crippen molar-refractivity contribution in [3.05, 3.63) is 83.1 Å². The number of fused-ring (bicyclic) bond motifs is 1. The summed E-state index contributed by atoms with van der Waals surface area (Å²) in [6, 6.07) is 18.3. The average Bonchev–Trinajstić information content (AvgIpc) is 3.05. The van der Waals surface area contributed by atoms with Crippen LogP contribution in [0.4, 0.5) is 11.5 Å². The third kappa shape index (κ3) is 3.85. The molecule has 142 valence electrons. The molecule has 28 heavy (non-hydrogen) atoms. The zero-order valence-electron chi connectivity index (χ0n) is 15.0. The van der Waals surface area contributed by atoms with Crippen LogP contribution >= 0.6 is 11.6 Å². The zero-order chi connectivity index (χ0) is 19.7. The highest BCUT2D eigenvalue weighted by atomic mass is 35.5. The first-order valence-electron chi connectivity index (χ1n) is 8.54. The van der Waals surface area contributed by atoms with Crippen LogP contribution in [0.3, 0.4) is 0 Å². The summed E-state index contributed by atoms with van der Waals surface area (Å²) < 4.78 is 24.9. The summed E-state index contributed by atoms with van der Waals surface area (Å²) in [6.07, 6.45) is 3.66. The zero-order valence-corrected chi connectivity index (χ0v) is 16.6. The topological polar surface area (TPSA) is 76.4 Å². The highest BCUT2D eigenvalue weighted by Crippen LogP contribution is 2.24. The number of sulfone groups is 1. The second-order valence-electron chi connectivity index (χ2n) is 6.45. The van der Waals surface area contributed by atoms with Crippen LogP contribution in [0.25, 0.3) is 5.65 Å². The van der Waals surface area contributed by atoms with Gasteiger partial charge in [-0.2, -0.15) is 9.61 Å². The van der Waals surface area contributed by atoms with E-state index < -0.39 is 9.84 Å². The summed E-state index contributed by atoms with van der Waals surface area (Å²) in [5.41, 5.74) is 3.51. The van der Waals surface area contributed by atoms with Crippen LogP contribution in [-0.2, 0) is 16.3 Å². The molecular weight excluding hydrogens is 396 g/mol. The third-order valence-electron chi connectivity index (χ3n) is 4.31. The first kappa shape index (κ1) is 18.5. The van der Waals surface area contributed by atoms with Gasteiger partial charge in [0.2, 0.25) is 0 Å².